The summed E-state index contributed by atoms with van der Waals surface area (Å²) in [5.74, 6) is 0.616. The SMILES string of the molecule is C=C(C)OOC(CC)CCCC. The minimum Gasteiger partial charge on any atom is -0.343 e. The summed E-state index contributed by atoms with van der Waals surface area (Å²) in [6, 6.07) is 0. The first-order valence-corrected chi connectivity index (χ1v) is 4.69. The van der Waals surface area contributed by atoms with Crippen molar-refractivity contribution in [3.63, 3.8) is 0 Å². The first kappa shape index (κ1) is 11.5. The van der Waals surface area contributed by atoms with Gasteiger partial charge in [-0.15, -0.1) is 0 Å². The molecule has 2 heteroatoms. The fraction of sp³-hybridized carbons (Fsp3) is 0.800. The van der Waals surface area contributed by atoms with E-state index in [4.69, 9.17) is 9.78 Å². The molecule has 1 atom stereocenters. The van der Waals surface area contributed by atoms with Crippen molar-refractivity contribution in [1.29, 1.82) is 0 Å². The van der Waals surface area contributed by atoms with Crippen molar-refractivity contribution in [2.75, 3.05) is 0 Å². The molecule has 0 saturated heterocycles. The Hall–Kier alpha value is -0.500. The van der Waals surface area contributed by atoms with Gasteiger partial charge in [-0.2, -0.15) is 4.89 Å². The summed E-state index contributed by atoms with van der Waals surface area (Å²) < 4.78 is 0. The molecule has 0 spiro atoms. The smallest absolute Gasteiger partial charge is 0.132 e. The monoisotopic (exact) mass is 172 g/mol. The van der Waals surface area contributed by atoms with Gasteiger partial charge in [-0.25, -0.2) is 0 Å². The Morgan fingerprint density at radius 1 is 1.42 bits per heavy atom. The van der Waals surface area contributed by atoms with Crippen LogP contribution in [0.25, 0.3) is 0 Å². The molecule has 0 fully saturated rings. The number of allylic oxidation sites excluding steroid dienone is 1. The van der Waals surface area contributed by atoms with Gasteiger partial charge in [-0.1, -0.05) is 33.3 Å². The second-order valence-corrected chi connectivity index (χ2v) is 3.05. The molecular weight excluding hydrogens is 152 g/mol. The third kappa shape index (κ3) is 6.23. The fourth-order valence-corrected chi connectivity index (χ4v) is 0.902. The van der Waals surface area contributed by atoms with Gasteiger partial charge in [0.15, 0.2) is 0 Å². The molecule has 12 heavy (non-hydrogen) atoms. The molecule has 0 saturated carbocycles. The van der Waals surface area contributed by atoms with E-state index in [1.165, 1.54) is 12.8 Å². The molecule has 0 aromatic heterocycles. The summed E-state index contributed by atoms with van der Waals surface area (Å²) in [6.45, 7) is 9.65. The summed E-state index contributed by atoms with van der Waals surface area (Å²) in [4.78, 5) is 10.1. The van der Waals surface area contributed by atoms with E-state index < -0.39 is 0 Å². The lowest BCUT2D eigenvalue weighted by molar-refractivity contribution is -0.295. The summed E-state index contributed by atoms with van der Waals surface area (Å²) in [6.07, 6.45) is 4.68. The molecule has 2 nitrogen and oxygen atoms in total. The largest absolute Gasteiger partial charge is 0.343 e. The first-order chi connectivity index (χ1) is 5.70. The van der Waals surface area contributed by atoms with Crippen molar-refractivity contribution in [1.82, 2.24) is 0 Å². The molecule has 0 heterocycles. The van der Waals surface area contributed by atoms with Gasteiger partial charge in [0, 0.05) is 0 Å². The van der Waals surface area contributed by atoms with E-state index in [0.717, 1.165) is 12.8 Å². The fourth-order valence-electron chi connectivity index (χ4n) is 0.902. The minimum atomic E-state index is 0.224. The normalized spacial score (nSPS) is 12.6. The standard InChI is InChI=1S/C10H20O2/c1-5-7-8-10(6-2)12-11-9(3)4/h10H,3,5-8H2,1-2,4H3. The number of hydrogen-bond donors (Lipinski definition) is 0. The average Bonchev–Trinajstić information content (AvgIpc) is 2.05. The highest BCUT2D eigenvalue weighted by atomic mass is 17.2. The van der Waals surface area contributed by atoms with E-state index in [-0.39, 0.29) is 6.10 Å². The predicted octanol–water partition coefficient (Wildman–Crippen LogP) is 3.44. The van der Waals surface area contributed by atoms with Crippen LogP contribution < -0.4 is 0 Å². The van der Waals surface area contributed by atoms with Crippen LogP contribution in [0.4, 0.5) is 0 Å². The Morgan fingerprint density at radius 3 is 2.50 bits per heavy atom. The van der Waals surface area contributed by atoms with Gasteiger partial charge in [-0.3, -0.25) is 0 Å². The first-order valence-electron chi connectivity index (χ1n) is 4.69. The molecule has 72 valence electrons. The summed E-state index contributed by atoms with van der Waals surface area (Å²) in [7, 11) is 0. The van der Waals surface area contributed by atoms with Crippen LogP contribution in [0.2, 0.25) is 0 Å². The molecule has 0 aromatic rings. The summed E-state index contributed by atoms with van der Waals surface area (Å²) in [5, 5.41) is 0. The molecule has 0 radical (unpaired) electrons. The van der Waals surface area contributed by atoms with Crippen LogP contribution in [0.3, 0.4) is 0 Å². The molecule has 1 unspecified atom stereocenters. The third-order valence-corrected chi connectivity index (χ3v) is 1.66. The van der Waals surface area contributed by atoms with E-state index in [2.05, 4.69) is 20.4 Å². The zero-order chi connectivity index (χ0) is 9.40. The lowest BCUT2D eigenvalue weighted by Gasteiger charge is -2.13. The maximum Gasteiger partial charge on any atom is 0.132 e. The Labute approximate surface area is 75.5 Å². The van der Waals surface area contributed by atoms with Crippen molar-refractivity contribution in [3.8, 4) is 0 Å². The Bertz CT molecular complexity index is 121. The van der Waals surface area contributed by atoms with E-state index in [1.54, 1.807) is 6.92 Å². The van der Waals surface area contributed by atoms with Crippen molar-refractivity contribution < 1.29 is 9.78 Å². The average molecular weight is 172 g/mol. The predicted molar refractivity (Wildman–Crippen MR) is 50.6 cm³/mol. The zero-order valence-corrected chi connectivity index (χ0v) is 8.43. The molecule has 0 amide bonds. The number of hydrogen-bond acceptors (Lipinski definition) is 2. The lowest BCUT2D eigenvalue weighted by atomic mass is 10.1. The quantitative estimate of drug-likeness (QED) is 0.333. The molecule has 0 N–H and O–H groups in total. The second-order valence-electron chi connectivity index (χ2n) is 3.05. The van der Waals surface area contributed by atoms with Crippen LogP contribution in [0.1, 0.15) is 46.5 Å². The highest BCUT2D eigenvalue weighted by molar-refractivity contribution is 4.70. The van der Waals surface area contributed by atoms with Crippen LogP contribution in [0.15, 0.2) is 12.3 Å². The second kappa shape index (κ2) is 7.17. The Morgan fingerprint density at radius 2 is 2.08 bits per heavy atom. The Kier molecular flexibility index (Phi) is 6.87. The molecule has 0 aliphatic rings. The lowest BCUT2D eigenvalue weighted by Crippen LogP contribution is -2.11. The van der Waals surface area contributed by atoms with Gasteiger partial charge in [-0.05, 0) is 19.8 Å². The van der Waals surface area contributed by atoms with Crippen LogP contribution in [0, 0.1) is 0 Å². The van der Waals surface area contributed by atoms with Crippen molar-refractivity contribution in [2.45, 2.75) is 52.6 Å². The maximum atomic E-state index is 5.16. The van der Waals surface area contributed by atoms with Gasteiger partial charge >= 0.3 is 0 Å². The molecule has 0 aliphatic carbocycles. The minimum absolute atomic E-state index is 0.224. The molecule has 0 aliphatic heterocycles. The van der Waals surface area contributed by atoms with Crippen molar-refractivity contribution in [2.24, 2.45) is 0 Å². The molecule has 0 rings (SSSR count). The zero-order valence-electron chi connectivity index (χ0n) is 8.43. The molecule has 0 aromatic carbocycles. The van der Waals surface area contributed by atoms with E-state index in [0.29, 0.717) is 5.76 Å². The topological polar surface area (TPSA) is 18.5 Å². The van der Waals surface area contributed by atoms with E-state index >= 15 is 0 Å². The summed E-state index contributed by atoms with van der Waals surface area (Å²) >= 11 is 0. The van der Waals surface area contributed by atoms with Gasteiger partial charge in [0.25, 0.3) is 0 Å². The van der Waals surface area contributed by atoms with Crippen molar-refractivity contribution in [3.05, 3.63) is 12.3 Å². The van der Waals surface area contributed by atoms with Crippen LogP contribution in [-0.4, -0.2) is 6.10 Å². The molecular formula is C10H20O2. The highest BCUT2D eigenvalue weighted by Gasteiger charge is 2.06. The van der Waals surface area contributed by atoms with Crippen LogP contribution in [0.5, 0.6) is 0 Å². The molecule has 0 bridgehead atoms. The van der Waals surface area contributed by atoms with Crippen molar-refractivity contribution >= 4 is 0 Å². The maximum absolute atomic E-state index is 5.16. The number of unbranched alkanes of at least 4 members (excludes halogenated alkanes) is 1. The van der Waals surface area contributed by atoms with Gasteiger partial charge in [0.2, 0.25) is 0 Å². The van der Waals surface area contributed by atoms with Gasteiger partial charge in [0.1, 0.15) is 11.9 Å². The van der Waals surface area contributed by atoms with E-state index in [1.807, 2.05) is 0 Å². The third-order valence-electron chi connectivity index (χ3n) is 1.66. The van der Waals surface area contributed by atoms with E-state index in [9.17, 15) is 0 Å². The van der Waals surface area contributed by atoms with Crippen LogP contribution in [-0.2, 0) is 9.78 Å². The Balaban J connectivity index is 3.45. The van der Waals surface area contributed by atoms with Gasteiger partial charge < -0.3 is 4.89 Å². The van der Waals surface area contributed by atoms with Crippen LogP contribution >= 0.6 is 0 Å². The van der Waals surface area contributed by atoms with Gasteiger partial charge in [0.05, 0.1) is 0 Å². The summed E-state index contributed by atoms with van der Waals surface area (Å²) in [5.41, 5.74) is 0. The number of rotatable bonds is 7. The highest BCUT2D eigenvalue weighted by Crippen LogP contribution is 2.10.